The molecule has 0 aliphatic rings. The predicted octanol–water partition coefficient (Wildman–Crippen LogP) is 4.07. The van der Waals surface area contributed by atoms with Gasteiger partial charge in [0.25, 0.3) is 5.91 Å². The summed E-state index contributed by atoms with van der Waals surface area (Å²) in [6, 6.07) is 8.41. The van der Waals surface area contributed by atoms with E-state index in [-0.39, 0.29) is 23.6 Å². The summed E-state index contributed by atoms with van der Waals surface area (Å²) in [6.07, 6.45) is -5.08. The van der Waals surface area contributed by atoms with E-state index >= 15 is 0 Å². The molecule has 0 fully saturated rings. The summed E-state index contributed by atoms with van der Waals surface area (Å²) in [5.41, 5.74) is 1.45. The summed E-state index contributed by atoms with van der Waals surface area (Å²) in [6.45, 7) is 2.97. The summed E-state index contributed by atoms with van der Waals surface area (Å²) < 4.78 is 55.7. The van der Waals surface area contributed by atoms with Crippen molar-refractivity contribution in [3.63, 3.8) is 0 Å². The molecule has 11 heteroatoms. The van der Waals surface area contributed by atoms with Gasteiger partial charge in [-0.25, -0.2) is 4.39 Å². The molecule has 0 unspecified atom stereocenters. The Kier molecular flexibility index (Phi) is 8.16. The summed E-state index contributed by atoms with van der Waals surface area (Å²) in [5, 5.41) is 10.0. The molecule has 0 saturated heterocycles. The molecule has 0 bridgehead atoms. The van der Waals surface area contributed by atoms with Gasteiger partial charge in [0.15, 0.2) is 17.3 Å². The number of likely N-dealkylation sites (N-methyl/N-ethyl adjacent to an activating group) is 1. The lowest BCUT2D eigenvalue weighted by molar-refractivity contribution is -0.275. The van der Waals surface area contributed by atoms with E-state index in [0.29, 0.717) is 11.1 Å². The average molecular weight is 455 g/mol. The number of oxime groups is 2. The van der Waals surface area contributed by atoms with Gasteiger partial charge in [0.2, 0.25) is 0 Å². The van der Waals surface area contributed by atoms with E-state index in [0.717, 1.165) is 11.6 Å². The molecule has 7 nitrogen and oxygen atoms in total. The molecule has 0 saturated carbocycles. The highest BCUT2D eigenvalue weighted by Crippen LogP contribution is 2.30. The molecule has 0 aliphatic carbocycles. The number of para-hydroxylation sites is 1. The van der Waals surface area contributed by atoms with Gasteiger partial charge in [-0.1, -0.05) is 34.6 Å². The topological polar surface area (TPSA) is 81.5 Å². The van der Waals surface area contributed by atoms with Gasteiger partial charge in [-0.2, -0.15) is 0 Å². The van der Waals surface area contributed by atoms with E-state index in [1.807, 2.05) is 0 Å². The highest BCUT2D eigenvalue weighted by atomic mass is 19.4. The normalized spacial score (nSPS) is 12.4. The van der Waals surface area contributed by atoms with Crippen LogP contribution in [0.2, 0.25) is 0 Å². The molecular formula is C21H21F4N3O4. The van der Waals surface area contributed by atoms with Gasteiger partial charge in [-0.15, -0.1) is 13.2 Å². The standard InChI is InChI=1S/C21H21F4N3O4/c1-12-7-5-9-15(18(28-30-4)20(29)26-3)16(12)11-31-27-13(2)14-8-6-10-17(22)19(14)32-21(23,24)25/h5-10H,11H2,1-4H3,(H,26,29)/b27-13+,28-18+. The third-order valence-electron chi connectivity index (χ3n) is 4.28. The van der Waals surface area contributed by atoms with Gasteiger partial charge >= 0.3 is 6.36 Å². The van der Waals surface area contributed by atoms with Crippen LogP contribution in [0.4, 0.5) is 17.6 Å². The van der Waals surface area contributed by atoms with Crippen LogP contribution in [0.3, 0.4) is 0 Å². The van der Waals surface area contributed by atoms with E-state index in [4.69, 9.17) is 9.68 Å². The van der Waals surface area contributed by atoms with Crippen LogP contribution in [0.1, 0.15) is 29.2 Å². The lowest BCUT2D eigenvalue weighted by Gasteiger charge is -2.14. The number of carbonyl (C=O) groups is 1. The number of halogens is 4. The minimum absolute atomic E-state index is 0.00370. The number of ether oxygens (including phenoxy) is 1. The average Bonchev–Trinajstić information content (AvgIpc) is 2.73. The van der Waals surface area contributed by atoms with Crippen molar-refractivity contribution in [1.82, 2.24) is 5.32 Å². The highest BCUT2D eigenvalue weighted by molar-refractivity contribution is 6.45. The number of alkyl halides is 3. The van der Waals surface area contributed by atoms with Crippen molar-refractivity contribution < 1.29 is 36.8 Å². The first kappa shape index (κ1) is 24.6. The summed E-state index contributed by atoms with van der Waals surface area (Å²) >= 11 is 0. The van der Waals surface area contributed by atoms with Crippen LogP contribution < -0.4 is 10.1 Å². The number of rotatable bonds is 8. The molecule has 0 spiro atoms. The Bertz CT molecular complexity index is 1040. The Balaban J connectivity index is 2.34. The summed E-state index contributed by atoms with van der Waals surface area (Å²) in [7, 11) is 2.73. The SMILES string of the molecule is CNC(=O)/C(=N/OC)c1cccc(C)c1CO/N=C(\C)c1cccc(F)c1OC(F)(F)F. The number of hydrogen-bond acceptors (Lipinski definition) is 6. The minimum atomic E-state index is -5.08. The fourth-order valence-electron chi connectivity index (χ4n) is 2.79. The summed E-state index contributed by atoms with van der Waals surface area (Å²) in [5.74, 6) is -2.69. The third-order valence-corrected chi connectivity index (χ3v) is 4.28. The molecule has 2 rings (SSSR count). The zero-order valence-corrected chi connectivity index (χ0v) is 17.7. The van der Waals surface area contributed by atoms with Crippen LogP contribution in [0.5, 0.6) is 5.75 Å². The molecule has 172 valence electrons. The number of benzene rings is 2. The Labute approximate surface area is 181 Å². The second-order valence-corrected chi connectivity index (χ2v) is 6.42. The molecule has 0 heterocycles. The van der Waals surface area contributed by atoms with Gasteiger partial charge in [-0.3, -0.25) is 4.79 Å². The molecule has 1 amide bonds. The van der Waals surface area contributed by atoms with Crippen molar-refractivity contribution in [2.75, 3.05) is 14.2 Å². The molecule has 1 N–H and O–H groups in total. The van der Waals surface area contributed by atoms with E-state index in [1.165, 1.54) is 33.2 Å². The van der Waals surface area contributed by atoms with Crippen LogP contribution in [0, 0.1) is 12.7 Å². The first-order valence-electron chi connectivity index (χ1n) is 9.22. The van der Waals surface area contributed by atoms with Crippen LogP contribution in [-0.2, 0) is 21.1 Å². The highest BCUT2D eigenvalue weighted by Gasteiger charge is 2.34. The van der Waals surface area contributed by atoms with Crippen LogP contribution >= 0.6 is 0 Å². The van der Waals surface area contributed by atoms with Gasteiger partial charge in [-0.05, 0) is 31.5 Å². The monoisotopic (exact) mass is 455 g/mol. The Morgan fingerprint density at radius 1 is 1.09 bits per heavy atom. The number of carbonyl (C=O) groups excluding carboxylic acids is 1. The molecule has 32 heavy (non-hydrogen) atoms. The molecule has 2 aromatic rings. The molecule has 0 aromatic heterocycles. The van der Waals surface area contributed by atoms with E-state index in [2.05, 4.69) is 20.4 Å². The van der Waals surface area contributed by atoms with E-state index in [9.17, 15) is 22.4 Å². The lowest BCUT2D eigenvalue weighted by atomic mass is 9.98. The van der Waals surface area contributed by atoms with Crippen molar-refractivity contribution in [3.05, 3.63) is 64.5 Å². The molecule has 0 atom stereocenters. The quantitative estimate of drug-likeness (QED) is 0.370. The van der Waals surface area contributed by atoms with Crippen molar-refractivity contribution in [3.8, 4) is 5.75 Å². The fourth-order valence-corrected chi connectivity index (χ4v) is 2.79. The molecular weight excluding hydrogens is 434 g/mol. The van der Waals surface area contributed by atoms with Crippen molar-refractivity contribution in [2.24, 2.45) is 10.3 Å². The van der Waals surface area contributed by atoms with Crippen molar-refractivity contribution in [1.29, 1.82) is 0 Å². The first-order chi connectivity index (χ1) is 15.1. The van der Waals surface area contributed by atoms with Gasteiger partial charge < -0.3 is 19.7 Å². The number of amides is 1. The van der Waals surface area contributed by atoms with Crippen molar-refractivity contribution >= 4 is 17.3 Å². The zero-order valence-electron chi connectivity index (χ0n) is 17.7. The maximum absolute atomic E-state index is 13.9. The number of aryl methyl sites for hydroxylation is 1. The first-order valence-corrected chi connectivity index (χ1v) is 9.22. The molecule has 2 aromatic carbocycles. The van der Waals surface area contributed by atoms with Crippen LogP contribution in [0.25, 0.3) is 0 Å². The Morgan fingerprint density at radius 3 is 2.38 bits per heavy atom. The predicted molar refractivity (Wildman–Crippen MR) is 109 cm³/mol. The van der Waals surface area contributed by atoms with Crippen LogP contribution in [0.15, 0.2) is 46.7 Å². The minimum Gasteiger partial charge on any atom is -0.402 e. The van der Waals surface area contributed by atoms with E-state index in [1.54, 1.807) is 25.1 Å². The zero-order chi connectivity index (χ0) is 23.9. The van der Waals surface area contributed by atoms with Gasteiger partial charge in [0.1, 0.15) is 13.7 Å². The second kappa shape index (κ2) is 10.6. The molecule has 0 aliphatic heterocycles. The third kappa shape index (κ3) is 6.19. The smallest absolute Gasteiger partial charge is 0.402 e. The number of nitrogens with one attached hydrogen (secondary N) is 1. The Hall–Kier alpha value is -3.63. The maximum atomic E-state index is 13.9. The van der Waals surface area contributed by atoms with E-state index < -0.39 is 23.8 Å². The molecule has 0 radical (unpaired) electrons. The van der Waals surface area contributed by atoms with Crippen molar-refractivity contribution in [2.45, 2.75) is 26.8 Å². The fraction of sp³-hybridized carbons (Fsp3) is 0.286. The second-order valence-electron chi connectivity index (χ2n) is 6.42. The summed E-state index contributed by atoms with van der Waals surface area (Å²) in [4.78, 5) is 22.3. The van der Waals surface area contributed by atoms with Crippen LogP contribution in [-0.4, -0.2) is 37.9 Å². The van der Waals surface area contributed by atoms with Gasteiger partial charge in [0, 0.05) is 23.7 Å². The number of nitrogens with zero attached hydrogens (tertiary/aromatic N) is 2. The lowest BCUT2D eigenvalue weighted by Crippen LogP contribution is -2.29. The largest absolute Gasteiger partial charge is 0.573 e. The van der Waals surface area contributed by atoms with Gasteiger partial charge in [0.05, 0.1) is 5.71 Å². The Morgan fingerprint density at radius 2 is 1.75 bits per heavy atom. The maximum Gasteiger partial charge on any atom is 0.573 e. The number of hydrogen-bond donors (Lipinski definition) is 1.